The van der Waals surface area contributed by atoms with E-state index in [2.05, 4.69) is 11.0 Å². The first-order valence-electron chi connectivity index (χ1n) is 10.9. The van der Waals surface area contributed by atoms with Crippen LogP contribution in [0.5, 0.6) is 0 Å². The summed E-state index contributed by atoms with van der Waals surface area (Å²) in [7, 11) is 3.58. The molecule has 0 spiro atoms. The van der Waals surface area contributed by atoms with E-state index in [0.717, 1.165) is 12.2 Å². The lowest BCUT2D eigenvalue weighted by Crippen LogP contribution is -2.49. The number of aromatic nitrogens is 1. The molecule has 1 aromatic rings. The van der Waals surface area contributed by atoms with E-state index in [1.807, 2.05) is 29.7 Å². The van der Waals surface area contributed by atoms with Crippen molar-refractivity contribution in [1.82, 2.24) is 14.4 Å². The number of aliphatic hydroxyl groups excluding tert-OH is 1. The quantitative estimate of drug-likeness (QED) is 0.824. The van der Waals surface area contributed by atoms with E-state index < -0.39 is 0 Å². The summed E-state index contributed by atoms with van der Waals surface area (Å²) < 4.78 is 1.88. The van der Waals surface area contributed by atoms with E-state index >= 15 is 0 Å². The number of aliphatic hydroxyl groups is 1. The van der Waals surface area contributed by atoms with Gasteiger partial charge in [-0.05, 0) is 37.8 Å². The van der Waals surface area contributed by atoms with Gasteiger partial charge in [0.2, 0.25) is 5.91 Å². The van der Waals surface area contributed by atoms with E-state index in [1.165, 1.54) is 25.7 Å². The number of hydrogen-bond acceptors (Lipinski definition) is 4. The van der Waals surface area contributed by atoms with Crippen LogP contribution in [0.2, 0.25) is 0 Å². The Balaban J connectivity index is 1.77. The second-order valence-corrected chi connectivity index (χ2v) is 9.11. The fourth-order valence-corrected chi connectivity index (χ4v) is 5.87. The third kappa shape index (κ3) is 3.36. The summed E-state index contributed by atoms with van der Waals surface area (Å²) in [4.78, 5) is 30.1. The van der Waals surface area contributed by atoms with E-state index in [0.29, 0.717) is 18.0 Å². The van der Waals surface area contributed by atoms with Crippen molar-refractivity contribution in [3.8, 4) is 0 Å². The van der Waals surface area contributed by atoms with E-state index in [1.54, 1.807) is 19.0 Å². The fraction of sp³-hybridized carbons (Fsp3) is 0.652. The number of carbonyl (C=O) groups is 1. The van der Waals surface area contributed by atoms with Crippen molar-refractivity contribution in [2.24, 2.45) is 17.8 Å². The molecule has 1 aliphatic carbocycles. The molecule has 0 aromatic carbocycles. The van der Waals surface area contributed by atoms with E-state index in [9.17, 15) is 14.7 Å². The molecule has 1 amide bonds. The predicted octanol–water partition coefficient (Wildman–Crippen LogP) is 2.12. The zero-order valence-electron chi connectivity index (χ0n) is 17.8. The van der Waals surface area contributed by atoms with Crippen molar-refractivity contribution in [3.05, 3.63) is 39.8 Å². The van der Waals surface area contributed by atoms with Gasteiger partial charge in [-0.25, -0.2) is 0 Å². The van der Waals surface area contributed by atoms with Crippen molar-refractivity contribution in [1.29, 1.82) is 0 Å². The molecule has 4 rings (SSSR count). The van der Waals surface area contributed by atoms with Gasteiger partial charge in [0.05, 0.1) is 12.1 Å². The van der Waals surface area contributed by atoms with Crippen LogP contribution in [-0.2, 0) is 11.3 Å². The zero-order chi connectivity index (χ0) is 20.7. The largest absolute Gasteiger partial charge is 0.396 e. The Bertz CT molecular complexity index is 853. The topological polar surface area (TPSA) is 65.8 Å². The molecule has 3 heterocycles. The van der Waals surface area contributed by atoms with Crippen LogP contribution in [0.15, 0.2) is 23.0 Å². The molecule has 2 aliphatic heterocycles. The van der Waals surface area contributed by atoms with Crippen LogP contribution in [0.1, 0.15) is 49.9 Å². The smallest absolute Gasteiger partial charge is 0.258 e. The fourth-order valence-electron chi connectivity index (χ4n) is 5.87. The summed E-state index contributed by atoms with van der Waals surface area (Å²) in [6.07, 6.45) is 8.65. The number of rotatable bonds is 5. The number of amides is 1. The van der Waals surface area contributed by atoms with E-state index in [4.69, 9.17) is 0 Å². The molecule has 1 saturated heterocycles. The highest BCUT2D eigenvalue weighted by molar-refractivity contribution is 5.82. The van der Waals surface area contributed by atoms with Gasteiger partial charge in [0.15, 0.2) is 0 Å². The lowest BCUT2D eigenvalue weighted by molar-refractivity contribution is -0.136. The normalized spacial score (nSPS) is 29.5. The highest BCUT2D eigenvalue weighted by Crippen LogP contribution is 2.50. The summed E-state index contributed by atoms with van der Waals surface area (Å²) in [6.45, 7) is 3.33. The summed E-state index contributed by atoms with van der Waals surface area (Å²) in [5, 5.41) is 10.3. The minimum atomic E-state index is -0.315. The van der Waals surface area contributed by atoms with Gasteiger partial charge in [0.25, 0.3) is 5.56 Å². The van der Waals surface area contributed by atoms with Gasteiger partial charge in [0, 0.05) is 56.9 Å². The second kappa shape index (κ2) is 8.07. The minimum Gasteiger partial charge on any atom is -0.396 e. The third-order valence-corrected chi connectivity index (χ3v) is 7.20. The number of nitrogens with zero attached hydrogens (tertiary/aromatic N) is 3. The van der Waals surface area contributed by atoms with E-state index in [-0.39, 0.29) is 42.0 Å². The van der Waals surface area contributed by atoms with Gasteiger partial charge in [-0.1, -0.05) is 25.0 Å². The number of likely N-dealkylation sites (tertiary alicyclic amines) is 1. The molecule has 1 saturated carbocycles. The number of fused-ring (bicyclic) bond motifs is 3. The van der Waals surface area contributed by atoms with Gasteiger partial charge in [0.1, 0.15) is 0 Å². The van der Waals surface area contributed by atoms with Crippen molar-refractivity contribution in [2.45, 2.75) is 51.2 Å². The van der Waals surface area contributed by atoms with Crippen LogP contribution in [0.4, 0.5) is 0 Å². The first-order valence-corrected chi connectivity index (χ1v) is 10.9. The number of likely N-dealkylation sites (N-methyl/N-ethyl adjacent to an activating group) is 1. The molecule has 6 heteroatoms. The van der Waals surface area contributed by atoms with Crippen LogP contribution in [-0.4, -0.2) is 58.7 Å². The molecular formula is C23H33N3O3. The Labute approximate surface area is 172 Å². The first kappa shape index (κ1) is 20.4. The standard InChI is InChI=1S/C23H33N3O3/c1-4-7-16-10-11-19-20-17(13-25(19)22(16)28)18(14-27)21(23(29)24(2)3)26(20)12-15-8-5-6-9-15/h4,7,10-11,15,17-18,20-21,27H,5-6,8-9,12-14H2,1-3H3/b7-4+/t17-,18-,20+,21-/m1/s1. The maximum absolute atomic E-state index is 13.1. The molecule has 2 fully saturated rings. The number of hydrogen-bond donors (Lipinski definition) is 1. The molecular weight excluding hydrogens is 366 g/mol. The average molecular weight is 400 g/mol. The second-order valence-electron chi connectivity index (χ2n) is 9.11. The summed E-state index contributed by atoms with van der Waals surface area (Å²) in [5.74, 6) is 0.592. The number of carbonyl (C=O) groups excluding carboxylic acids is 1. The zero-order valence-corrected chi connectivity index (χ0v) is 17.8. The molecule has 3 aliphatic rings. The molecule has 0 bridgehead atoms. The van der Waals surface area contributed by atoms with Crippen molar-refractivity contribution >= 4 is 12.0 Å². The monoisotopic (exact) mass is 399 g/mol. The summed E-state index contributed by atoms with van der Waals surface area (Å²) >= 11 is 0. The Morgan fingerprint density at radius 2 is 2.00 bits per heavy atom. The molecule has 1 aromatic heterocycles. The molecule has 29 heavy (non-hydrogen) atoms. The Morgan fingerprint density at radius 3 is 2.62 bits per heavy atom. The number of allylic oxidation sites excluding steroid dienone is 1. The predicted molar refractivity (Wildman–Crippen MR) is 113 cm³/mol. The molecule has 6 nitrogen and oxygen atoms in total. The molecule has 158 valence electrons. The maximum atomic E-state index is 13.1. The van der Waals surface area contributed by atoms with Gasteiger partial charge in [-0.15, -0.1) is 0 Å². The Kier molecular flexibility index (Phi) is 5.67. The highest BCUT2D eigenvalue weighted by Gasteiger charge is 2.56. The molecule has 0 unspecified atom stereocenters. The summed E-state index contributed by atoms with van der Waals surface area (Å²) in [5.41, 5.74) is 1.72. The molecule has 1 N–H and O–H groups in total. The van der Waals surface area contributed by atoms with Crippen LogP contribution < -0.4 is 5.56 Å². The minimum absolute atomic E-state index is 0.0222. The third-order valence-electron chi connectivity index (χ3n) is 7.20. The highest BCUT2D eigenvalue weighted by atomic mass is 16.3. The van der Waals surface area contributed by atoms with Crippen LogP contribution in [0.25, 0.3) is 6.08 Å². The van der Waals surface area contributed by atoms with Crippen molar-refractivity contribution in [2.75, 3.05) is 27.2 Å². The molecule has 4 atom stereocenters. The lowest BCUT2D eigenvalue weighted by Gasteiger charge is -2.34. The maximum Gasteiger partial charge on any atom is 0.258 e. The van der Waals surface area contributed by atoms with Gasteiger partial charge in [-0.3, -0.25) is 14.5 Å². The van der Waals surface area contributed by atoms with Gasteiger partial charge >= 0.3 is 0 Å². The first-order chi connectivity index (χ1) is 14.0. The Morgan fingerprint density at radius 1 is 1.28 bits per heavy atom. The van der Waals surface area contributed by atoms with Crippen LogP contribution in [0, 0.1) is 17.8 Å². The van der Waals surface area contributed by atoms with Crippen LogP contribution >= 0.6 is 0 Å². The lowest BCUT2D eigenvalue weighted by atomic mass is 9.88. The number of pyridine rings is 1. The summed E-state index contributed by atoms with van der Waals surface area (Å²) in [6, 6.07) is 3.66. The van der Waals surface area contributed by atoms with Crippen molar-refractivity contribution < 1.29 is 9.90 Å². The molecule has 0 radical (unpaired) electrons. The van der Waals surface area contributed by atoms with Gasteiger partial charge < -0.3 is 14.6 Å². The van der Waals surface area contributed by atoms with Crippen molar-refractivity contribution in [3.63, 3.8) is 0 Å². The van der Waals surface area contributed by atoms with Crippen LogP contribution in [0.3, 0.4) is 0 Å². The van der Waals surface area contributed by atoms with Gasteiger partial charge in [-0.2, -0.15) is 0 Å². The SMILES string of the molecule is C/C=C/c1ccc2n(c1=O)C[C@@H]1[C@@H](CO)[C@H](C(=O)N(C)C)N(CC3CCCC3)[C@H]21. The average Bonchev–Trinajstić information content (AvgIpc) is 3.40. The Hall–Kier alpha value is -1.92.